The van der Waals surface area contributed by atoms with Crippen molar-refractivity contribution in [1.82, 2.24) is 0 Å². The Morgan fingerprint density at radius 3 is 1.48 bits per heavy atom. The predicted octanol–water partition coefficient (Wildman–Crippen LogP) is 5.01. The standard InChI is InChI=1S/C20H25F3O3Si/c1-14(2)25-27(24-5,26-15(3)4)19-12-8-17(9-13-19)16-6-10-18(11-7-16)20(21,22)23/h6-15H,1-5H3. The van der Waals surface area contributed by atoms with Crippen molar-refractivity contribution in [3.05, 3.63) is 54.1 Å². The predicted molar refractivity (Wildman–Crippen MR) is 102 cm³/mol. The maximum atomic E-state index is 12.7. The molecule has 148 valence electrons. The minimum atomic E-state index is -4.34. The van der Waals surface area contributed by atoms with Crippen LogP contribution in [0.15, 0.2) is 48.5 Å². The van der Waals surface area contributed by atoms with Crippen molar-refractivity contribution in [2.75, 3.05) is 7.11 Å². The third-order valence-corrected chi connectivity index (χ3v) is 6.98. The minimum Gasteiger partial charge on any atom is -0.373 e. The first-order valence-corrected chi connectivity index (χ1v) is 10.5. The zero-order valence-electron chi connectivity index (χ0n) is 16.1. The largest absolute Gasteiger partial charge is 0.537 e. The highest BCUT2D eigenvalue weighted by Gasteiger charge is 2.44. The number of halogens is 3. The summed E-state index contributed by atoms with van der Waals surface area (Å²) in [5.41, 5.74) is 0.846. The molecule has 0 radical (unpaired) electrons. The Hall–Kier alpha value is -1.67. The van der Waals surface area contributed by atoms with E-state index >= 15 is 0 Å². The molecule has 2 rings (SSSR count). The lowest BCUT2D eigenvalue weighted by Crippen LogP contribution is -2.58. The molecule has 0 saturated carbocycles. The van der Waals surface area contributed by atoms with Gasteiger partial charge in [0.2, 0.25) is 0 Å². The molecule has 27 heavy (non-hydrogen) atoms. The molecule has 0 unspecified atom stereocenters. The highest BCUT2D eigenvalue weighted by Crippen LogP contribution is 2.31. The van der Waals surface area contributed by atoms with Crippen molar-refractivity contribution in [3.8, 4) is 11.1 Å². The molecule has 0 fully saturated rings. The van der Waals surface area contributed by atoms with E-state index in [2.05, 4.69) is 0 Å². The highest BCUT2D eigenvalue weighted by atomic mass is 28.4. The molecule has 0 amide bonds. The quantitative estimate of drug-likeness (QED) is 0.614. The van der Waals surface area contributed by atoms with E-state index in [9.17, 15) is 13.2 Å². The molecule has 2 aromatic rings. The van der Waals surface area contributed by atoms with Gasteiger partial charge in [0.15, 0.2) is 0 Å². The third-order valence-electron chi connectivity index (χ3n) is 3.83. The van der Waals surface area contributed by atoms with Crippen LogP contribution in [0.2, 0.25) is 0 Å². The Morgan fingerprint density at radius 1 is 0.741 bits per heavy atom. The molecule has 2 aromatic carbocycles. The van der Waals surface area contributed by atoms with Crippen LogP contribution >= 0.6 is 0 Å². The van der Waals surface area contributed by atoms with E-state index in [4.69, 9.17) is 13.3 Å². The molecule has 0 atom stereocenters. The number of benzene rings is 2. The summed E-state index contributed by atoms with van der Waals surface area (Å²) in [6.07, 6.45) is -4.50. The molecular weight excluding hydrogens is 373 g/mol. The lowest BCUT2D eigenvalue weighted by atomic mass is 10.0. The van der Waals surface area contributed by atoms with E-state index in [-0.39, 0.29) is 12.2 Å². The maximum Gasteiger partial charge on any atom is 0.537 e. The Bertz CT molecular complexity index is 716. The van der Waals surface area contributed by atoms with Gasteiger partial charge in [-0.05, 0) is 51.0 Å². The molecule has 0 bridgehead atoms. The molecule has 0 aromatic heterocycles. The second kappa shape index (κ2) is 8.56. The second-order valence-electron chi connectivity index (χ2n) is 6.75. The van der Waals surface area contributed by atoms with Crippen LogP contribution in [-0.4, -0.2) is 28.1 Å². The van der Waals surface area contributed by atoms with Crippen LogP contribution in [0, 0.1) is 0 Å². The van der Waals surface area contributed by atoms with Crippen LogP contribution in [0.4, 0.5) is 13.2 Å². The number of hydrogen-bond acceptors (Lipinski definition) is 3. The van der Waals surface area contributed by atoms with Crippen LogP contribution in [-0.2, 0) is 19.5 Å². The topological polar surface area (TPSA) is 27.7 Å². The molecule has 3 nitrogen and oxygen atoms in total. The lowest BCUT2D eigenvalue weighted by Gasteiger charge is -2.32. The van der Waals surface area contributed by atoms with Gasteiger partial charge in [-0.15, -0.1) is 0 Å². The van der Waals surface area contributed by atoms with Crippen molar-refractivity contribution >= 4 is 14.0 Å². The van der Waals surface area contributed by atoms with Gasteiger partial charge in [-0.3, -0.25) is 0 Å². The third kappa shape index (κ3) is 5.41. The lowest BCUT2D eigenvalue weighted by molar-refractivity contribution is -0.137. The Labute approximate surface area is 159 Å². The fourth-order valence-corrected chi connectivity index (χ4v) is 5.29. The summed E-state index contributed by atoms with van der Waals surface area (Å²) in [6.45, 7) is 7.67. The van der Waals surface area contributed by atoms with E-state index in [0.29, 0.717) is 5.56 Å². The van der Waals surface area contributed by atoms with Crippen LogP contribution in [0.3, 0.4) is 0 Å². The fourth-order valence-electron chi connectivity index (χ4n) is 2.72. The summed E-state index contributed by atoms with van der Waals surface area (Å²) < 4.78 is 56.0. The summed E-state index contributed by atoms with van der Waals surface area (Å²) in [6, 6.07) is 12.5. The molecule has 0 aliphatic rings. The second-order valence-corrected chi connectivity index (χ2v) is 9.32. The molecule has 7 heteroatoms. The zero-order chi connectivity index (χ0) is 20.2. The average Bonchev–Trinajstić information content (AvgIpc) is 2.60. The summed E-state index contributed by atoms with van der Waals surface area (Å²) in [5, 5.41) is 0.808. The number of rotatable bonds is 7. The molecule has 0 aliphatic carbocycles. The van der Waals surface area contributed by atoms with Gasteiger partial charge in [-0.25, -0.2) is 0 Å². The van der Waals surface area contributed by atoms with Crippen molar-refractivity contribution in [2.24, 2.45) is 0 Å². The van der Waals surface area contributed by atoms with Gasteiger partial charge in [0.25, 0.3) is 0 Å². The van der Waals surface area contributed by atoms with Crippen LogP contribution in [0.5, 0.6) is 0 Å². The summed E-state index contributed by atoms with van der Waals surface area (Å²) in [7, 11) is -1.51. The normalized spacial score (nSPS) is 12.8. The van der Waals surface area contributed by atoms with E-state index in [1.807, 2.05) is 52.0 Å². The van der Waals surface area contributed by atoms with Crippen LogP contribution in [0.1, 0.15) is 33.3 Å². The van der Waals surface area contributed by atoms with Crippen molar-refractivity contribution in [1.29, 1.82) is 0 Å². The van der Waals surface area contributed by atoms with Gasteiger partial charge >= 0.3 is 15.0 Å². The first kappa shape index (κ1) is 21.6. The monoisotopic (exact) mass is 398 g/mol. The highest BCUT2D eigenvalue weighted by molar-refractivity contribution is 6.75. The van der Waals surface area contributed by atoms with Crippen LogP contribution < -0.4 is 5.19 Å². The first-order chi connectivity index (χ1) is 12.6. The Morgan fingerprint density at radius 2 is 1.15 bits per heavy atom. The van der Waals surface area contributed by atoms with Gasteiger partial charge in [0.05, 0.1) is 5.56 Å². The van der Waals surface area contributed by atoms with Gasteiger partial charge < -0.3 is 13.3 Å². The summed E-state index contributed by atoms with van der Waals surface area (Å²) in [5.74, 6) is 0. The SMILES string of the molecule is CO[Si](OC(C)C)(OC(C)C)c1ccc(-c2ccc(C(F)(F)F)cc2)cc1. The molecule has 0 spiro atoms. The van der Waals surface area contributed by atoms with Gasteiger partial charge in [-0.2, -0.15) is 13.2 Å². The average molecular weight is 398 g/mol. The molecule has 0 N–H and O–H groups in total. The van der Waals surface area contributed by atoms with Gasteiger partial charge in [0, 0.05) is 24.5 Å². The minimum absolute atomic E-state index is 0.0787. The molecule has 0 aliphatic heterocycles. The van der Waals surface area contributed by atoms with Crippen molar-refractivity contribution < 1.29 is 26.4 Å². The Kier molecular flexibility index (Phi) is 6.86. The van der Waals surface area contributed by atoms with Crippen LogP contribution in [0.25, 0.3) is 11.1 Å². The van der Waals surface area contributed by atoms with E-state index in [1.54, 1.807) is 7.11 Å². The van der Waals surface area contributed by atoms with E-state index < -0.39 is 20.5 Å². The van der Waals surface area contributed by atoms with Crippen molar-refractivity contribution in [3.63, 3.8) is 0 Å². The Balaban J connectivity index is 2.33. The summed E-state index contributed by atoms with van der Waals surface area (Å²) >= 11 is 0. The summed E-state index contributed by atoms with van der Waals surface area (Å²) in [4.78, 5) is 0. The molecule has 0 saturated heterocycles. The smallest absolute Gasteiger partial charge is 0.373 e. The van der Waals surface area contributed by atoms with E-state index in [0.717, 1.165) is 22.9 Å². The molecule has 0 heterocycles. The zero-order valence-corrected chi connectivity index (χ0v) is 17.1. The fraction of sp³-hybridized carbons (Fsp3) is 0.400. The molecular formula is C20H25F3O3Si. The number of hydrogen-bond donors (Lipinski definition) is 0. The van der Waals surface area contributed by atoms with Crippen molar-refractivity contribution in [2.45, 2.75) is 46.1 Å². The first-order valence-electron chi connectivity index (χ1n) is 8.76. The number of alkyl halides is 3. The maximum absolute atomic E-state index is 12.7. The van der Waals surface area contributed by atoms with E-state index in [1.165, 1.54) is 12.1 Å². The van der Waals surface area contributed by atoms with Gasteiger partial charge in [-0.1, -0.05) is 36.4 Å². The van der Waals surface area contributed by atoms with Gasteiger partial charge in [0.1, 0.15) is 0 Å².